The highest BCUT2D eigenvalue weighted by Crippen LogP contribution is 2.19. The molecule has 1 aromatic heterocycles. The molecule has 2 N–H and O–H groups in total. The van der Waals surface area contributed by atoms with Gasteiger partial charge in [-0.2, -0.15) is 5.10 Å². The Kier molecular flexibility index (Phi) is 4.24. The van der Waals surface area contributed by atoms with Gasteiger partial charge in [-0.3, -0.25) is 4.68 Å². The topological polar surface area (TPSA) is 79.4 Å². The predicted molar refractivity (Wildman–Crippen MR) is 74.7 cm³/mol. The lowest BCUT2D eigenvalue weighted by molar-refractivity contribution is 0.0526. The van der Waals surface area contributed by atoms with E-state index >= 15 is 0 Å². The molecule has 0 atom stereocenters. The van der Waals surface area contributed by atoms with E-state index in [0.717, 1.165) is 5.56 Å². The van der Waals surface area contributed by atoms with E-state index in [1.165, 1.54) is 6.20 Å². The Hall–Kier alpha value is -2.50. The summed E-state index contributed by atoms with van der Waals surface area (Å²) in [5.74, 6) is 0.321. The van der Waals surface area contributed by atoms with Crippen molar-refractivity contribution < 1.29 is 14.3 Å². The third-order valence-corrected chi connectivity index (χ3v) is 2.71. The first-order valence-electron chi connectivity index (χ1n) is 6.25. The number of carbonyl (C=O) groups is 1. The van der Waals surface area contributed by atoms with E-state index in [9.17, 15) is 4.79 Å². The number of aromatic nitrogens is 2. The highest BCUT2D eigenvalue weighted by Gasteiger charge is 2.09. The molecule has 1 aromatic carbocycles. The summed E-state index contributed by atoms with van der Waals surface area (Å²) in [6.07, 6.45) is 3.13. The van der Waals surface area contributed by atoms with Gasteiger partial charge in [-0.1, -0.05) is 0 Å². The van der Waals surface area contributed by atoms with Crippen molar-refractivity contribution in [3.05, 3.63) is 41.7 Å². The number of methoxy groups -OCH3 is 1. The number of esters is 1. The van der Waals surface area contributed by atoms with Crippen LogP contribution >= 0.6 is 0 Å². The lowest BCUT2D eigenvalue weighted by Gasteiger charge is -2.06. The zero-order valence-electron chi connectivity index (χ0n) is 11.5. The van der Waals surface area contributed by atoms with Crippen molar-refractivity contribution in [1.82, 2.24) is 9.78 Å². The third-order valence-electron chi connectivity index (χ3n) is 2.71. The molecular formula is C14H17N3O3. The van der Waals surface area contributed by atoms with Crippen molar-refractivity contribution in [2.24, 2.45) is 0 Å². The van der Waals surface area contributed by atoms with E-state index in [-0.39, 0.29) is 5.97 Å². The minimum Gasteiger partial charge on any atom is -0.497 e. The maximum Gasteiger partial charge on any atom is 0.341 e. The van der Waals surface area contributed by atoms with Crippen LogP contribution in [0.25, 0.3) is 0 Å². The molecule has 0 aliphatic carbocycles. The van der Waals surface area contributed by atoms with Gasteiger partial charge in [0, 0.05) is 18.0 Å². The molecule has 6 nitrogen and oxygen atoms in total. The Morgan fingerprint density at radius 3 is 2.90 bits per heavy atom. The number of nitrogen functional groups attached to an aromatic ring is 1. The molecule has 0 fully saturated rings. The molecule has 0 unspecified atom stereocenters. The molecule has 0 bridgehead atoms. The predicted octanol–water partition coefficient (Wildman–Crippen LogP) is 1.70. The number of hydrogen-bond donors (Lipinski definition) is 1. The van der Waals surface area contributed by atoms with Crippen LogP contribution in [-0.2, 0) is 11.3 Å². The minimum atomic E-state index is -0.371. The fourth-order valence-corrected chi connectivity index (χ4v) is 1.85. The molecule has 0 aliphatic heterocycles. The lowest BCUT2D eigenvalue weighted by Crippen LogP contribution is -2.04. The Balaban J connectivity index is 2.14. The average molecular weight is 275 g/mol. The van der Waals surface area contributed by atoms with Crippen LogP contribution in [0.15, 0.2) is 30.6 Å². The van der Waals surface area contributed by atoms with E-state index in [4.69, 9.17) is 15.2 Å². The summed E-state index contributed by atoms with van der Waals surface area (Å²) in [6.45, 7) is 2.61. The Labute approximate surface area is 117 Å². The second-order valence-corrected chi connectivity index (χ2v) is 4.26. The normalized spacial score (nSPS) is 10.3. The average Bonchev–Trinajstić information content (AvgIpc) is 2.87. The molecule has 0 amide bonds. The summed E-state index contributed by atoms with van der Waals surface area (Å²) in [7, 11) is 1.59. The van der Waals surface area contributed by atoms with E-state index in [1.807, 2.05) is 12.1 Å². The molecule has 0 spiro atoms. The number of benzene rings is 1. The largest absolute Gasteiger partial charge is 0.497 e. The summed E-state index contributed by atoms with van der Waals surface area (Å²) < 4.78 is 11.7. The lowest BCUT2D eigenvalue weighted by atomic mass is 10.2. The number of nitrogens with zero attached hydrogens (tertiary/aromatic N) is 2. The molecule has 0 saturated heterocycles. The first-order valence-corrected chi connectivity index (χ1v) is 6.25. The van der Waals surface area contributed by atoms with Crippen molar-refractivity contribution in [3.63, 3.8) is 0 Å². The van der Waals surface area contributed by atoms with Gasteiger partial charge in [0.05, 0.1) is 32.0 Å². The van der Waals surface area contributed by atoms with Gasteiger partial charge in [-0.25, -0.2) is 4.79 Å². The Morgan fingerprint density at radius 1 is 1.40 bits per heavy atom. The second-order valence-electron chi connectivity index (χ2n) is 4.26. The fourth-order valence-electron chi connectivity index (χ4n) is 1.85. The van der Waals surface area contributed by atoms with Crippen molar-refractivity contribution in [1.29, 1.82) is 0 Å². The summed E-state index contributed by atoms with van der Waals surface area (Å²) in [5.41, 5.74) is 7.80. The Bertz CT molecular complexity index is 607. The van der Waals surface area contributed by atoms with Gasteiger partial charge in [0.1, 0.15) is 5.75 Å². The van der Waals surface area contributed by atoms with E-state index < -0.39 is 0 Å². The van der Waals surface area contributed by atoms with Crippen molar-refractivity contribution in [3.8, 4) is 5.75 Å². The van der Waals surface area contributed by atoms with Crippen LogP contribution in [0.3, 0.4) is 0 Å². The Morgan fingerprint density at radius 2 is 2.20 bits per heavy atom. The number of hydrogen-bond acceptors (Lipinski definition) is 5. The molecule has 2 aromatic rings. The molecule has 106 valence electrons. The van der Waals surface area contributed by atoms with Crippen LogP contribution in [0.2, 0.25) is 0 Å². The second kappa shape index (κ2) is 6.10. The molecular weight excluding hydrogens is 258 g/mol. The summed E-state index contributed by atoms with van der Waals surface area (Å²) >= 11 is 0. The number of ether oxygens (including phenoxy) is 2. The van der Waals surface area contributed by atoms with Gasteiger partial charge >= 0.3 is 5.97 Å². The standard InChI is InChI=1S/C14H17N3O3/c1-3-20-14(18)11-7-16-17(9-11)8-10-4-12(15)6-13(5-10)19-2/h4-7,9H,3,8,15H2,1-2H3. The van der Waals surface area contributed by atoms with Gasteiger partial charge in [0.2, 0.25) is 0 Å². The van der Waals surface area contributed by atoms with Gasteiger partial charge in [-0.05, 0) is 24.6 Å². The van der Waals surface area contributed by atoms with Crippen LogP contribution in [0.5, 0.6) is 5.75 Å². The summed E-state index contributed by atoms with van der Waals surface area (Å²) in [6, 6.07) is 5.47. The zero-order valence-corrected chi connectivity index (χ0v) is 11.5. The quantitative estimate of drug-likeness (QED) is 0.663. The number of rotatable bonds is 5. The van der Waals surface area contributed by atoms with Crippen molar-refractivity contribution in [2.75, 3.05) is 19.5 Å². The van der Waals surface area contributed by atoms with E-state index in [2.05, 4.69) is 5.10 Å². The number of anilines is 1. The minimum absolute atomic E-state index is 0.344. The third kappa shape index (κ3) is 3.28. The number of carbonyl (C=O) groups excluding carboxylic acids is 1. The van der Waals surface area contributed by atoms with Gasteiger partial charge in [-0.15, -0.1) is 0 Å². The smallest absolute Gasteiger partial charge is 0.341 e. The highest BCUT2D eigenvalue weighted by atomic mass is 16.5. The molecule has 0 radical (unpaired) electrons. The maximum absolute atomic E-state index is 11.5. The van der Waals surface area contributed by atoms with Crippen LogP contribution in [-0.4, -0.2) is 29.5 Å². The van der Waals surface area contributed by atoms with Crippen LogP contribution in [0.1, 0.15) is 22.8 Å². The molecule has 1 heterocycles. The fraction of sp³-hybridized carbons (Fsp3) is 0.286. The zero-order chi connectivity index (χ0) is 14.5. The van der Waals surface area contributed by atoms with Gasteiger partial charge < -0.3 is 15.2 Å². The van der Waals surface area contributed by atoms with E-state index in [1.54, 1.807) is 31.0 Å². The summed E-state index contributed by atoms with van der Waals surface area (Å²) in [4.78, 5) is 11.5. The van der Waals surface area contributed by atoms with Crippen molar-refractivity contribution in [2.45, 2.75) is 13.5 Å². The van der Waals surface area contributed by atoms with E-state index in [0.29, 0.717) is 30.2 Å². The van der Waals surface area contributed by atoms with Gasteiger partial charge in [0.25, 0.3) is 0 Å². The molecule has 0 saturated carbocycles. The van der Waals surface area contributed by atoms with Crippen LogP contribution in [0.4, 0.5) is 5.69 Å². The first kappa shape index (κ1) is 13.9. The highest BCUT2D eigenvalue weighted by molar-refractivity contribution is 5.88. The molecule has 2 rings (SSSR count). The SMILES string of the molecule is CCOC(=O)c1cnn(Cc2cc(N)cc(OC)c2)c1. The van der Waals surface area contributed by atoms with Crippen LogP contribution in [0, 0.1) is 0 Å². The van der Waals surface area contributed by atoms with Crippen molar-refractivity contribution >= 4 is 11.7 Å². The number of nitrogens with two attached hydrogens (primary N) is 1. The monoisotopic (exact) mass is 275 g/mol. The van der Waals surface area contributed by atoms with Gasteiger partial charge in [0.15, 0.2) is 0 Å². The summed E-state index contributed by atoms with van der Waals surface area (Å²) in [5, 5.41) is 4.13. The van der Waals surface area contributed by atoms with Crippen LogP contribution < -0.4 is 10.5 Å². The molecule has 6 heteroatoms. The maximum atomic E-state index is 11.5. The first-order chi connectivity index (χ1) is 9.62. The molecule has 20 heavy (non-hydrogen) atoms. The molecule has 0 aliphatic rings.